The number of hydrogen-bond acceptors (Lipinski definition) is 2. The summed E-state index contributed by atoms with van der Waals surface area (Å²) in [5, 5.41) is 7.75. The van der Waals surface area contributed by atoms with Crippen LogP contribution in [0.15, 0.2) is 273 Å². The van der Waals surface area contributed by atoms with Crippen molar-refractivity contribution in [1.29, 1.82) is 0 Å². The van der Waals surface area contributed by atoms with Gasteiger partial charge < -0.3 is 14.4 Å². The van der Waals surface area contributed by atoms with E-state index in [0.717, 1.165) is 39.8 Å². The molecule has 0 saturated carbocycles. The van der Waals surface area contributed by atoms with Gasteiger partial charge in [0.2, 0.25) is 0 Å². The molecule has 0 radical (unpaired) electrons. The molecule has 10 aromatic carbocycles. The second kappa shape index (κ2) is 16.9. The largest absolute Gasteiger partial charge is 0.311 e. The summed E-state index contributed by atoms with van der Waals surface area (Å²) in [6.45, 7) is 0. The standard InChI is InChI=1S/C60H45N3Si/c1-7-22-46(23-8-1)61(47-24-9-2-10-25-47)51-30-21-35-56(44-51)64(53-31-15-5-16-32-53,54-33-17-6-18-34-54)55-41-38-50(39-42-55)62(48-26-11-3-12-27-48)52-40-43-58-57-36-19-20-37-59(57)63(60(58)45-52)49-28-13-4-14-29-49/h1-45H. The van der Waals surface area contributed by atoms with Gasteiger partial charge in [-0.1, -0.05) is 182 Å². The predicted octanol–water partition coefficient (Wildman–Crippen LogP) is 13.1. The monoisotopic (exact) mass is 835 g/mol. The third-order valence-corrected chi connectivity index (χ3v) is 17.3. The van der Waals surface area contributed by atoms with Crippen molar-refractivity contribution in [2.75, 3.05) is 9.80 Å². The van der Waals surface area contributed by atoms with Crippen LogP contribution < -0.4 is 30.5 Å². The molecule has 0 aliphatic rings. The molecular weight excluding hydrogens is 791 g/mol. The fourth-order valence-corrected chi connectivity index (χ4v) is 14.5. The molecular formula is C60H45N3Si. The zero-order chi connectivity index (χ0) is 42.7. The van der Waals surface area contributed by atoms with Crippen molar-refractivity contribution in [2.24, 2.45) is 0 Å². The summed E-state index contributed by atoms with van der Waals surface area (Å²) in [5.74, 6) is 0. The lowest BCUT2D eigenvalue weighted by Crippen LogP contribution is -2.74. The molecule has 1 aromatic heterocycles. The lowest BCUT2D eigenvalue weighted by atomic mass is 10.1. The summed E-state index contributed by atoms with van der Waals surface area (Å²) in [7, 11) is -2.94. The highest BCUT2D eigenvalue weighted by Crippen LogP contribution is 2.40. The maximum absolute atomic E-state index is 2.94. The minimum atomic E-state index is -2.94. The van der Waals surface area contributed by atoms with Crippen molar-refractivity contribution in [3.05, 3.63) is 273 Å². The zero-order valence-electron chi connectivity index (χ0n) is 35.3. The number of nitrogens with zero attached hydrogens (tertiary/aromatic N) is 3. The Morgan fingerprint density at radius 1 is 0.250 bits per heavy atom. The summed E-state index contributed by atoms with van der Waals surface area (Å²) < 4.78 is 2.39. The van der Waals surface area contributed by atoms with Gasteiger partial charge in [0.1, 0.15) is 0 Å². The average molecular weight is 836 g/mol. The van der Waals surface area contributed by atoms with Gasteiger partial charge in [-0.25, -0.2) is 0 Å². The third-order valence-electron chi connectivity index (χ3n) is 12.5. The molecule has 0 amide bonds. The van der Waals surface area contributed by atoms with Crippen molar-refractivity contribution < 1.29 is 0 Å². The first-order chi connectivity index (χ1) is 31.8. The number of para-hydroxylation sites is 5. The molecule has 0 fully saturated rings. The summed E-state index contributed by atoms with van der Waals surface area (Å²) >= 11 is 0. The minimum absolute atomic E-state index is 1.09. The van der Waals surface area contributed by atoms with E-state index >= 15 is 0 Å². The quantitative estimate of drug-likeness (QED) is 0.0950. The lowest BCUT2D eigenvalue weighted by molar-refractivity contribution is 1.18. The maximum Gasteiger partial charge on any atom is 0.179 e. The molecule has 0 aliphatic carbocycles. The Bertz CT molecular complexity index is 3220. The molecule has 0 unspecified atom stereocenters. The number of rotatable bonds is 11. The van der Waals surface area contributed by atoms with E-state index < -0.39 is 8.07 Å². The van der Waals surface area contributed by atoms with Crippen LogP contribution in [-0.2, 0) is 0 Å². The van der Waals surface area contributed by atoms with Crippen LogP contribution in [0.4, 0.5) is 34.1 Å². The summed E-state index contributed by atoms with van der Waals surface area (Å²) in [5.41, 5.74) is 10.1. The van der Waals surface area contributed by atoms with Gasteiger partial charge in [-0.3, -0.25) is 0 Å². The van der Waals surface area contributed by atoms with Crippen LogP contribution in [0.2, 0.25) is 0 Å². The van der Waals surface area contributed by atoms with E-state index in [1.165, 1.54) is 42.6 Å². The topological polar surface area (TPSA) is 11.4 Å². The fraction of sp³-hybridized carbons (Fsp3) is 0. The molecule has 0 aliphatic heterocycles. The third kappa shape index (κ3) is 6.87. The van der Waals surface area contributed by atoms with E-state index in [4.69, 9.17) is 0 Å². The predicted molar refractivity (Wildman–Crippen MR) is 274 cm³/mol. The molecule has 0 N–H and O–H groups in total. The SMILES string of the molecule is c1ccc(N(c2ccccc2)c2cccc([Si](c3ccccc3)(c3ccccc3)c3ccc(N(c4ccccc4)c4ccc5c6ccccc6n(-c6ccccc6)c5c4)cc3)c2)cc1. The molecule has 11 aromatic rings. The van der Waals surface area contributed by atoms with Crippen molar-refractivity contribution in [3.63, 3.8) is 0 Å². The van der Waals surface area contributed by atoms with Gasteiger partial charge >= 0.3 is 0 Å². The van der Waals surface area contributed by atoms with E-state index in [2.05, 4.69) is 287 Å². The first-order valence-electron chi connectivity index (χ1n) is 21.9. The Balaban J connectivity index is 1.10. The normalized spacial score (nSPS) is 11.4. The summed E-state index contributed by atoms with van der Waals surface area (Å²) in [6, 6.07) is 99.6. The molecule has 304 valence electrons. The van der Waals surface area contributed by atoms with Crippen LogP contribution in [-0.4, -0.2) is 12.6 Å². The van der Waals surface area contributed by atoms with Gasteiger partial charge in [0.25, 0.3) is 0 Å². The van der Waals surface area contributed by atoms with Gasteiger partial charge in [-0.05, 0) is 112 Å². The van der Waals surface area contributed by atoms with Crippen molar-refractivity contribution >= 4 is 84.8 Å². The van der Waals surface area contributed by atoms with E-state index in [1.807, 2.05) is 0 Å². The smallest absolute Gasteiger partial charge is 0.179 e. The highest BCUT2D eigenvalue weighted by molar-refractivity contribution is 7.20. The van der Waals surface area contributed by atoms with Gasteiger partial charge in [-0.15, -0.1) is 0 Å². The van der Waals surface area contributed by atoms with Crippen LogP contribution in [0, 0.1) is 0 Å². The highest BCUT2D eigenvalue weighted by Gasteiger charge is 2.42. The van der Waals surface area contributed by atoms with E-state index in [0.29, 0.717) is 0 Å². The molecule has 0 atom stereocenters. The number of benzene rings is 10. The van der Waals surface area contributed by atoms with Crippen LogP contribution in [0.1, 0.15) is 0 Å². The fourth-order valence-electron chi connectivity index (χ4n) is 9.69. The van der Waals surface area contributed by atoms with Crippen molar-refractivity contribution in [2.45, 2.75) is 0 Å². The van der Waals surface area contributed by atoms with Crippen LogP contribution in [0.3, 0.4) is 0 Å². The minimum Gasteiger partial charge on any atom is -0.311 e. The Labute approximate surface area is 376 Å². The Morgan fingerprint density at radius 3 is 1.17 bits per heavy atom. The second-order valence-corrected chi connectivity index (χ2v) is 20.0. The van der Waals surface area contributed by atoms with Crippen molar-refractivity contribution in [3.8, 4) is 5.69 Å². The number of aromatic nitrogens is 1. The Morgan fingerprint density at radius 2 is 0.625 bits per heavy atom. The number of anilines is 6. The van der Waals surface area contributed by atoms with Crippen LogP contribution in [0.25, 0.3) is 27.5 Å². The van der Waals surface area contributed by atoms with Crippen molar-refractivity contribution in [1.82, 2.24) is 4.57 Å². The Hall–Kier alpha value is -8.18. The molecule has 0 spiro atoms. The highest BCUT2D eigenvalue weighted by atomic mass is 28.3. The van der Waals surface area contributed by atoms with Crippen LogP contribution >= 0.6 is 0 Å². The molecule has 4 heteroatoms. The van der Waals surface area contributed by atoms with Gasteiger partial charge in [-0.2, -0.15) is 0 Å². The van der Waals surface area contributed by atoms with E-state index in [9.17, 15) is 0 Å². The zero-order valence-corrected chi connectivity index (χ0v) is 36.3. The van der Waals surface area contributed by atoms with E-state index in [-0.39, 0.29) is 0 Å². The maximum atomic E-state index is 2.44. The Kier molecular flexibility index (Phi) is 10.2. The molecule has 1 heterocycles. The van der Waals surface area contributed by atoms with Gasteiger partial charge in [0, 0.05) is 50.6 Å². The molecule has 11 rings (SSSR count). The summed E-state index contributed by atoms with van der Waals surface area (Å²) in [4.78, 5) is 4.76. The van der Waals surface area contributed by atoms with Gasteiger partial charge in [0.15, 0.2) is 8.07 Å². The van der Waals surface area contributed by atoms with Crippen LogP contribution in [0.5, 0.6) is 0 Å². The first-order valence-corrected chi connectivity index (χ1v) is 23.9. The second-order valence-electron chi connectivity index (χ2n) is 16.1. The molecule has 3 nitrogen and oxygen atoms in total. The lowest BCUT2D eigenvalue weighted by Gasteiger charge is -2.36. The molecule has 0 bridgehead atoms. The first kappa shape index (κ1) is 38.7. The average Bonchev–Trinajstić information content (AvgIpc) is 3.71. The number of fused-ring (bicyclic) bond motifs is 3. The molecule has 0 saturated heterocycles. The van der Waals surface area contributed by atoms with Gasteiger partial charge in [0.05, 0.1) is 11.0 Å². The van der Waals surface area contributed by atoms with E-state index in [1.54, 1.807) is 0 Å². The molecule has 64 heavy (non-hydrogen) atoms. The summed E-state index contributed by atoms with van der Waals surface area (Å²) in [6.07, 6.45) is 0. The number of hydrogen-bond donors (Lipinski definition) is 0.